The normalized spacial score (nSPS) is 10.8. The lowest BCUT2D eigenvalue weighted by Crippen LogP contribution is -2.11. The van der Waals surface area contributed by atoms with Crippen molar-refractivity contribution in [1.29, 1.82) is 0 Å². The van der Waals surface area contributed by atoms with Crippen LogP contribution in [0.15, 0.2) is 40.3 Å². The predicted molar refractivity (Wildman–Crippen MR) is 93.2 cm³/mol. The average Bonchev–Trinajstić information content (AvgIpc) is 2.54. The van der Waals surface area contributed by atoms with Crippen molar-refractivity contribution in [3.05, 3.63) is 51.9 Å². The number of nitrogens with one attached hydrogen (secondary N) is 1. The van der Waals surface area contributed by atoms with Gasteiger partial charge in [-0.2, -0.15) is 0 Å². The summed E-state index contributed by atoms with van der Waals surface area (Å²) in [5, 5.41) is 9.45. The summed E-state index contributed by atoms with van der Waals surface area (Å²) in [6.45, 7) is 4.51. The zero-order chi connectivity index (χ0) is 17.5. The van der Waals surface area contributed by atoms with E-state index in [9.17, 15) is 9.59 Å². The van der Waals surface area contributed by atoms with E-state index in [0.29, 0.717) is 17.5 Å². The molecule has 0 aliphatic rings. The van der Waals surface area contributed by atoms with Crippen molar-refractivity contribution >= 4 is 17.7 Å². The molecule has 0 amide bonds. The van der Waals surface area contributed by atoms with E-state index >= 15 is 0 Å². The largest absolute Gasteiger partial charge is 0.494 e. The Morgan fingerprint density at radius 2 is 2.04 bits per heavy atom. The molecule has 0 bridgehead atoms. The molecule has 2 rings (SSSR count). The molecule has 0 spiro atoms. The van der Waals surface area contributed by atoms with Crippen molar-refractivity contribution in [1.82, 2.24) is 9.97 Å². The van der Waals surface area contributed by atoms with Crippen LogP contribution in [0, 0.1) is 0 Å². The van der Waals surface area contributed by atoms with E-state index < -0.39 is 5.97 Å². The molecule has 1 aromatic carbocycles. The molecule has 7 heteroatoms. The highest BCUT2D eigenvalue weighted by atomic mass is 32.2. The Hall–Kier alpha value is -2.28. The van der Waals surface area contributed by atoms with Crippen LogP contribution in [0.4, 0.5) is 0 Å². The summed E-state index contributed by atoms with van der Waals surface area (Å²) in [5.41, 5.74) is 0.889. The highest BCUT2D eigenvalue weighted by Gasteiger charge is 2.06. The van der Waals surface area contributed by atoms with E-state index in [0.717, 1.165) is 17.9 Å². The second-order valence-corrected chi connectivity index (χ2v) is 6.59. The molecule has 2 N–H and O–H groups in total. The molecule has 2 aromatic rings. The summed E-state index contributed by atoms with van der Waals surface area (Å²) in [6, 6.07) is 7.83. The summed E-state index contributed by atoms with van der Waals surface area (Å²) < 4.78 is 5.57. The number of rotatable bonds is 8. The van der Waals surface area contributed by atoms with Crippen molar-refractivity contribution in [2.24, 2.45) is 0 Å². The number of hydrogen-bond acceptors (Lipinski definition) is 5. The average molecular weight is 348 g/mol. The molecule has 24 heavy (non-hydrogen) atoms. The first kappa shape index (κ1) is 18.1. The molecule has 1 heterocycles. The number of carbonyl (C=O) groups is 1. The van der Waals surface area contributed by atoms with Crippen molar-refractivity contribution in [3.8, 4) is 5.75 Å². The second kappa shape index (κ2) is 8.54. The molecule has 0 atom stereocenters. The van der Waals surface area contributed by atoms with Crippen LogP contribution in [0.3, 0.4) is 0 Å². The fraction of sp³-hybridized carbons (Fsp3) is 0.353. The van der Waals surface area contributed by atoms with Gasteiger partial charge >= 0.3 is 5.97 Å². The highest BCUT2D eigenvalue weighted by Crippen LogP contribution is 2.17. The Morgan fingerprint density at radius 3 is 2.67 bits per heavy atom. The summed E-state index contributed by atoms with van der Waals surface area (Å²) in [4.78, 5) is 29.5. The van der Waals surface area contributed by atoms with E-state index in [-0.39, 0.29) is 17.0 Å². The minimum atomic E-state index is -0.955. The van der Waals surface area contributed by atoms with Gasteiger partial charge in [-0.3, -0.25) is 4.79 Å². The van der Waals surface area contributed by atoms with E-state index in [4.69, 9.17) is 9.84 Å². The van der Waals surface area contributed by atoms with Crippen molar-refractivity contribution < 1.29 is 14.6 Å². The third kappa shape index (κ3) is 5.42. The number of nitrogens with zero attached hydrogens (tertiary/aromatic N) is 1. The number of aromatic carboxylic acids is 1. The highest BCUT2D eigenvalue weighted by molar-refractivity contribution is 7.99. The van der Waals surface area contributed by atoms with Crippen LogP contribution in [0.1, 0.15) is 42.2 Å². The molecule has 1 aromatic heterocycles. The van der Waals surface area contributed by atoms with Crippen LogP contribution in [0.5, 0.6) is 5.75 Å². The van der Waals surface area contributed by atoms with Gasteiger partial charge in [-0.15, -0.1) is 0 Å². The first-order chi connectivity index (χ1) is 11.5. The van der Waals surface area contributed by atoms with Crippen LogP contribution in [0.25, 0.3) is 0 Å². The maximum Gasteiger partial charge on any atom is 0.335 e. The molecular weight excluding hydrogens is 328 g/mol. The van der Waals surface area contributed by atoms with Gasteiger partial charge in [0, 0.05) is 11.8 Å². The van der Waals surface area contributed by atoms with Gasteiger partial charge in [-0.1, -0.05) is 25.6 Å². The van der Waals surface area contributed by atoms with Crippen molar-refractivity contribution in [2.75, 3.05) is 12.4 Å². The van der Waals surface area contributed by atoms with Gasteiger partial charge < -0.3 is 14.8 Å². The Morgan fingerprint density at radius 1 is 1.33 bits per heavy atom. The fourth-order valence-electron chi connectivity index (χ4n) is 1.93. The predicted octanol–water partition coefficient (Wildman–Crippen LogP) is 3.15. The number of aromatic nitrogens is 2. The molecule has 0 aliphatic carbocycles. The number of benzene rings is 1. The van der Waals surface area contributed by atoms with E-state index in [1.807, 2.05) is 13.8 Å². The summed E-state index contributed by atoms with van der Waals surface area (Å²) in [6.07, 6.45) is 0.779. The first-order valence-corrected chi connectivity index (χ1v) is 8.64. The zero-order valence-electron chi connectivity index (χ0n) is 13.6. The Bertz CT molecular complexity index is 741. The standard InChI is InChI=1S/C17H20N2O4S/c1-11(2)14-10-15(20)19-17(18-14)24-9-3-8-23-13-6-4-12(5-7-13)16(21)22/h4-7,10-11H,3,8-9H2,1-2H3,(H,21,22)(H,18,19,20). The summed E-state index contributed by atoms with van der Waals surface area (Å²) >= 11 is 1.48. The third-order valence-electron chi connectivity index (χ3n) is 3.23. The Balaban J connectivity index is 1.77. The molecule has 0 saturated carbocycles. The van der Waals surface area contributed by atoms with Gasteiger partial charge in [0.1, 0.15) is 5.75 Å². The smallest absolute Gasteiger partial charge is 0.335 e. The maximum atomic E-state index is 11.6. The SMILES string of the molecule is CC(C)c1cc(=O)[nH]c(SCCCOc2ccc(C(=O)O)cc2)n1. The molecule has 128 valence electrons. The molecule has 0 radical (unpaired) electrons. The molecular formula is C17H20N2O4S. The van der Waals surface area contributed by atoms with Crippen LogP contribution < -0.4 is 10.3 Å². The molecule has 0 aliphatic heterocycles. The molecule has 0 saturated heterocycles. The Kier molecular flexibility index (Phi) is 6.43. The van der Waals surface area contributed by atoms with E-state index in [1.165, 1.54) is 30.0 Å². The van der Waals surface area contributed by atoms with Gasteiger partial charge in [0.2, 0.25) is 0 Å². The number of hydrogen-bond donors (Lipinski definition) is 2. The maximum absolute atomic E-state index is 11.6. The number of carboxylic acids is 1. The zero-order valence-corrected chi connectivity index (χ0v) is 14.4. The van der Waals surface area contributed by atoms with Gasteiger partial charge in [-0.05, 0) is 36.6 Å². The molecule has 0 unspecified atom stereocenters. The molecule has 6 nitrogen and oxygen atoms in total. The number of thioether (sulfide) groups is 1. The van der Waals surface area contributed by atoms with Gasteiger partial charge in [-0.25, -0.2) is 9.78 Å². The van der Waals surface area contributed by atoms with Crippen LogP contribution in [-0.4, -0.2) is 33.4 Å². The fourth-order valence-corrected chi connectivity index (χ4v) is 2.73. The lowest BCUT2D eigenvalue weighted by molar-refractivity contribution is 0.0697. The quantitative estimate of drug-likeness (QED) is 0.432. The number of ether oxygens (including phenoxy) is 1. The van der Waals surface area contributed by atoms with Gasteiger partial charge in [0.15, 0.2) is 5.16 Å². The number of aromatic amines is 1. The van der Waals surface area contributed by atoms with E-state index in [1.54, 1.807) is 12.1 Å². The third-order valence-corrected chi connectivity index (χ3v) is 4.19. The van der Waals surface area contributed by atoms with Gasteiger partial charge in [0.05, 0.1) is 17.9 Å². The second-order valence-electron chi connectivity index (χ2n) is 5.51. The lowest BCUT2D eigenvalue weighted by atomic mass is 10.1. The van der Waals surface area contributed by atoms with Gasteiger partial charge in [0.25, 0.3) is 5.56 Å². The van der Waals surface area contributed by atoms with Crippen molar-refractivity contribution in [3.63, 3.8) is 0 Å². The topological polar surface area (TPSA) is 92.3 Å². The molecule has 0 fully saturated rings. The first-order valence-electron chi connectivity index (χ1n) is 7.66. The van der Waals surface area contributed by atoms with E-state index in [2.05, 4.69) is 9.97 Å². The minimum absolute atomic E-state index is 0.133. The monoisotopic (exact) mass is 348 g/mol. The van der Waals surface area contributed by atoms with Crippen molar-refractivity contribution in [2.45, 2.75) is 31.3 Å². The number of carboxylic acid groups (broad SMARTS) is 1. The van der Waals surface area contributed by atoms with Crippen LogP contribution >= 0.6 is 11.8 Å². The minimum Gasteiger partial charge on any atom is -0.494 e. The summed E-state index contributed by atoms with van der Waals surface area (Å²) in [5.74, 6) is 0.655. The van der Waals surface area contributed by atoms with Crippen LogP contribution in [-0.2, 0) is 0 Å². The summed E-state index contributed by atoms with van der Waals surface area (Å²) in [7, 11) is 0. The lowest BCUT2D eigenvalue weighted by Gasteiger charge is -2.07. The number of H-pyrrole nitrogens is 1. The van der Waals surface area contributed by atoms with Crippen LogP contribution in [0.2, 0.25) is 0 Å². The Labute approximate surface area is 144 Å².